The highest BCUT2D eigenvalue weighted by Crippen LogP contribution is 2.36. The maximum atomic E-state index is 12.4. The number of nitrogens with one attached hydrogen (secondary N) is 1. The molecule has 2 fully saturated rings. The summed E-state index contributed by atoms with van der Waals surface area (Å²) in [5, 5.41) is 0. The Bertz CT molecular complexity index is 491. The van der Waals surface area contributed by atoms with Gasteiger partial charge in [0.05, 0.1) is 6.54 Å². The van der Waals surface area contributed by atoms with Gasteiger partial charge in [0.2, 0.25) is 0 Å². The number of Topliss-reactive ketones (excluding diaryl/α,β-unsaturated/α-hetero) is 1. The van der Waals surface area contributed by atoms with Crippen LogP contribution in [0.25, 0.3) is 0 Å². The molecule has 1 saturated heterocycles. The van der Waals surface area contributed by atoms with Gasteiger partial charge in [-0.1, -0.05) is 19.3 Å². The second kappa shape index (κ2) is 5.72. The Morgan fingerprint density at radius 1 is 1.25 bits per heavy atom. The van der Waals surface area contributed by atoms with Crippen molar-refractivity contribution in [2.45, 2.75) is 46.0 Å². The molecule has 2 atom stereocenters. The molecule has 0 aromatic carbocycles. The van der Waals surface area contributed by atoms with Gasteiger partial charge in [-0.25, -0.2) is 0 Å². The van der Waals surface area contributed by atoms with Crippen LogP contribution < -0.4 is 0 Å². The van der Waals surface area contributed by atoms with E-state index in [-0.39, 0.29) is 5.78 Å². The number of aromatic amines is 1. The SMILES string of the molecule is Cc1cc(C(=O)CN2CCC3CCCCC3C2)c(C)[nH]1. The molecule has 1 N–H and O–H groups in total. The van der Waals surface area contributed by atoms with Crippen LogP contribution in [0.2, 0.25) is 0 Å². The Balaban J connectivity index is 1.60. The number of fused-ring (bicyclic) bond motifs is 1. The fourth-order valence-corrected chi connectivity index (χ4v) is 4.12. The second-order valence-electron chi connectivity index (χ2n) is 6.74. The van der Waals surface area contributed by atoms with Crippen molar-refractivity contribution in [2.24, 2.45) is 11.8 Å². The van der Waals surface area contributed by atoms with Gasteiger partial charge in [-0.05, 0) is 51.1 Å². The maximum absolute atomic E-state index is 12.4. The van der Waals surface area contributed by atoms with Crippen molar-refractivity contribution in [1.82, 2.24) is 9.88 Å². The molecule has 3 heteroatoms. The molecule has 0 amide bonds. The van der Waals surface area contributed by atoms with Gasteiger partial charge in [-0.3, -0.25) is 9.69 Å². The molecule has 1 saturated carbocycles. The van der Waals surface area contributed by atoms with Gasteiger partial charge in [-0.15, -0.1) is 0 Å². The zero-order chi connectivity index (χ0) is 14.1. The highest BCUT2D eigenvalue weighted by molar-refractivity contribution is 5.98. The first-order valence-corrected chi connectivity index (χ1v) is 8.05. The number of hydrogen-bond acceptors (Lipinski definition) is 2. The lowest BCUT2D eigenvalue weighted by Crippen LogP contribution is -2.43. The highest BCUT2D eigenvalue weighted by Gasteiger charge is 2.31. The van der Waals surface area contributed by atoms with E-state index in [1.54, 1.807) is 0 Å². The number of carbonyl (C=O) groups is 1. The number of rotatable bonds is 3. The Kier molecular flexibility index (Phi) is 3.97. The first kappa shape index (κ1) is 13.9. The lowest BCUT2D eigenvalue weighted by Gasteiger charge is -2.41. The first-order chi connectivity index (χ1) is 9.63. The smallest absolute Gasteiger partial charge is 0.178 e. The zero-order valence-electron chi connectivity index (χ0n) is 12.7. The highest BCUT2D eigenvalue weighted by atomic mass is 16.1. The third-order valence-electron chi connectivity index (χ3n) is 5.19. The molecule has 1 aliphatic heterocycles. The molecule has 1 aromatic heterocycles. The number of aromatic nitrogens is 1. The third-order valence-corrected chi connectivity index (χ3v) is 5.19. The van der Waals surface area contributed by atoms with E-state index in [9.17, 15) is 4.79 Å². The molecule has 0 radical (unpaired) electrons. The minimum atomic E-state index is 0.279. The van der Waals surface area contributed by atoms with E-state index in [1.807, 2.05) is 19.9 Å². The molecular weight excluding hydrogens is 248 g/mol. The van der Waals surface area contributed by atoms with Gasteiger partial charge in [0.25, 0.3) is 0 Å². The minimum absolute atomic E-state index is 0.279. The fraction of sp³-hybridized carbons (Fsp3) is 0.706. The Morgan fingerprint density at radius 2 is 2.00 bits per heavy atom. The fourth-order valence-electron chi connectivity index (χ4n) is 4.12. The van der Waals surface area contributed by atoms with Crippen LogP contribution in [0.1, 0.15) is 53.8 Å². The quantitative estimate of drug-likeness (QED) is 0.858. The van der Waals surface area contributed by atoms with Crippen molar-refractivity contribution in [3.63, 3.8) is 0 Å². The number of likely N-dealkylation sites (tertiary alicyclic amines) is 1. The van der Waals surface area contributed by atoms with Crippen molar-refractivity contribution in [3.05, 3.63) is 23.0 Å². The molecule has 0 bridgehead atoms. The van der Waals surface area contributed by atoms with Crippen LogP contribution in [-0.4, -0.2) is 35.3 Å². The normalized spacial score (nSPS) is 27.3. The lowest BCUT2D eigenvalue weighted by atomic mass is 9.75. The minimum Gasteiger partial charge on any atom is -0.362 e. The van der Waals surface area contributed by atoms with E-state index in [1.165, 1.54) is 32.1 Å². The van der Waals surface area contributed by atoms with Crippen LogP contribution in [0.3, 0.4) is 0 Å². The number of ketones is 1. The Hall–Kier alpha value is -1.09. The second-order valence-corrected chi connectivity index (χ2v) is 6.74. The number of hydrogen-bond donors (Lipinski definition) is 1. The van der Waals surface area contributed by atoms with Crippen molar-refractivity contribution in [3.8, 4) is 0 Å². The molecule has 20 heavy (non-hydrogen) atoms. The van der Waals surface area contributed by atoms with Gasteiger partial charge < -0.3 is 4.98 Å². The van der Waals surface area contributed by atoms with Crippen LogP contribution in [0.15, 0.2) is 6.07 Å². The van der Waals surface area contributed by atoms with Crippen molar-refractivity contribution >= 4 is 5.78 Å². The third kappa shape index (κ3) is 2.83. The molecule has 0 spiro atoms. The first-order valence-electron chi connectivity index (χ1n) is 8.05. The van der Waals surface area contributed by atoms with E-state index in [0.29, 0.717) is 6.54 Å². The number of aryl methyl sites for hydroxylation is 2. The van der Waals surface area contributed by atoms with E-state index in [2.05, 4.69) is 9.88 Å². The summed E-state index contributed by atoms with van der Waals surface area (Å²) in [5.41, 5.74) is 2.98. The monoisotopic (exact) mass is 274 g/mol. The van der Waals surface area contributed by atoms with Crippen LogP contribution in [0, 0.1) is 25.7 Å². The number of piperidine rings is 1. The van der Waals surface area contributed by atoms with Crippen LogP contribution in [0.4, 0.5) is 0 Å². The van der Waals surface area contributed by atoms with Gasteiger partial charge in [0, 0.05) is 23.5 Å². The van der Waals surface area contributed by atoms with Gasteiger partial charge in [-0.2, -0.15) is 0 Å². The summed E-state index contributed by atoms with van der Waals surface area (Å²) in [6.07, 6.45) is 6.89. The molecule has 1 aliphatic carbocycles. The van der Waals surface area contributed by atoms with E-state index >= 15 is 0 Å². The number of nitrogens with zero attached hydrogens (tertiary/aromatic N) is 1. The molecular formula is C17H26N2O. The van der Waals surface area contributed by atoms with Crippen molar-refractivity contribution in [2.75, 3.05) is 19.6 Å². The average Bonchev–Trinajstić information content (AvgIpc) is 2.78. The van der Waals surface area contributed by atoms with Gasteiger partial charge in [0.15, 0.2) is 5.78 Å². The average molecular weight is 274 g/mol. The number of H-pyrrole nitrogens is 1. The van der Waals surface area contributed by atoms with Gasteiger partial charge in [0.1, 0.15) is 0 Å². The van der Waals surface area contributed by atoms with E-state index in [0.717, 1.165) is 41.9 Å². The van der Waals surface area contributed by atoms with Crippen LogP contribution in [0.5, 0.6) is 0 Å². The molecule has 3 rings (SSSR count). The van der Waals surface area contributed by atoms with Crippen LogP contribution >= 0.6 is 0 Å². The molecule has 1 aromatic rings. The Labute approximate surface area is 121 Å². The standard InChI is InChI=1S/C17H26N2O/c1-12-9-16(13(2)18-12)17(20)11-19-8-7-14-5-3-4-6-15(14)10-19/h9,14-15,18H,3-8,10-11H2,1-2H3. The lowest BCUT2D eigenvalue weighted by molar-refractivity contribution is 0.0712. The van der Waals surface area contributed by atoms with E-state index < -0.39 is 0 Å². The molecule has 110 valence electrons. The van der Waals surface area contributed by atoms with Crippen molar-refractivity contribution < 1.29 is 4.79 Å². The summed E-state index contributed by atoms with van der Waals surface area (Å²) < 4.78 is 0. The van der Waals surface area contributed by atoms with Crippen LogP contribution in [-0.2, 0) is 0 Å². The maximum Gasteiger partial charge on any atom is 0.178 e. The predicted octanol–water partition coefficient (Wildman–Crippen LogP) is 3.33. The zero-order valence-corrected chi connectivity index (χ0v) is 12.7. The summed E-state index contributed by atoms with van der Waals surface area (Å²) in [5.74, 6) is 2.06. The summed E-state index contributed by atoms with van der Waals surface area (Å²) in [7, 11) is 0. The largest absolute Gasteiger partial charge is 0.362 e. The summed E-state index contributed by atoms with van der Waals surface area (Å²) in [4.78, 5) is 18.1. The molecule has 3 nitrogen and oxygen atoms in total. The molecule has 2 unspecified atom stereocenters. The summed E-state index contributed by atoms with van der Waals surface area (Å²) in [6, 6.07) is 1.99. The Morgan fingerprint density at radius 3 is 2.70 bits per heavy atom. The van der Waals surface area contributed by atoms with Crippen molar-refractivity contribution in [1.29, 1.82) is 0 Å². The topological polar surface area (TPSA) is 36.1 Å². The van der Waals surface area contributed by atoms with Gasteiger partial charge >= 0.3 is 0 Å². The molecule has 2 aliphatic rings. The molecule has 2 heterocycles. The summed E-state index contributed by atoms with van der Waals surface area (Å²) in [6.45, 7) is 6.85. The number of carbonyl (C=O) groups excluding carboxylic acids is 1. The van der Waals surface area contributed by atoms with E-state index in [4.69, 9.17) is 0 Å². The summed E-state index contributed by atoms with van der Waals surface area (Å²) >= 11 is 0. The predicted molar refractivity (Wildman–Crippen MR) is 81.1 cm³/mol.